The van der Waals surface area contributed by atoms with Gasteiger partial charge in [-0.2, -0.15) is 0 Å². The van der Waals surface area contributed by atoms with E-state index in [1.165, 1.54) is 12.1 Å². The second-order valence-corrected chi connectivity index (χ2v) is 10.6. The van der Waals surface area contributed by atoms with Crippen LogP contribution in [0, 0.1) is 11.2 Å². The number of carbonyl (C=O) groups is 2. The normalized spacial score (nSPS) is 13.2. The topological polar surface area (TPSA) is 111 Å². The van der Waals surface area contributed by atoms with Gasteiger partial charge in [0.25, 0.3) is 11.8 Å². The van der Waals surface area contributed by atoms with Crippen molar-refractivity contribution in [3.8, 4) is 17.0 Å². The SMILES string of the molecule is CCOC[C@](C)(C[C@@H](Cc1ccc(-c2cc(Cl)ccc2F)cc1)NC(=O)c1cc(O)no1)C(=O)OCc1ccccc1. The monoisotopic (exact) mass is 594 g/mol. The minimum atomic E-state index is -1.11. The maximum Gasteiger partial charge on any atom is 0.314 e. The van der Waals surface area contributed by atoms with Crippen LogP contribution in [0.5, 0.6) is 5.88 Å². The average molecular weight is 595 g/mol. The van der Waals surface area contributed by atoms with E-state index in [9.17, 15) is 19.1 Å². The number of hydrogen-bond donors (Lipinski definition) is 2. The summed E-state index contributed by atoms with van der Waals surface area (Å²) in [5, 5.41) is 16.2. The molecule has 42 heavy (non-hydrogen) atoms. The first kappa shape index (κ1) is 30.7. The van der Waals surface area contributed by atoms with E-state index in [0.717, 1.165) is 17.2 Å². The molecule has 1 aromatic heterocycles. The zero-order valence-electron chi connectivity index (χ0n) is 23.3. The number of aromatic nitrogens is 1. The van der Waals surface area contributed by atoms with Crippen molar-refractivity contribution >= 4 is 23.5 Å². The molecule has 0 spiro atoms. The molecule has 1 heterocycles. The summed E-state index contributed by atoms with van der Waals surface area (Å²) in [6.07, 6.45) is 0.481. The van der Waals surface area contributed by atoms with Crippen molar-refractivity contribution in [1.82, 2.24) is 10.5 Å². The molecule has 1 amide bonds. The van der Waals surface area contributed by atoms with Gasteiger partial charge < -0.3 is 24.4 Å². The Hall–Kier alpha value is -4.21. The summed E-state index contributed by atoms with van der Waals surface area (Å²) in [6.45, 7) is 4.12. The van der Waals surface area contributed by atoms with Crippen LogP contribution in [0.25, 0.3) is 11.1 Å². The maximum absolute atomic E-state index is 14.4. The third-order valence-corrected chi connectivity index (χ3v) is 6.99. The number of amides is 1. The Labute approximate surface area is 248 Å². The molecule has 0 unspecified atom stereocenters. The average Bonchev–Trinajstić information content (AvgIpc) is 3.43. The van der Waals surface area contributed by atoms with Crippen LogP contribution in [-0.2, 0) is 27.3 Å². The lowest BCUT2D eigenvalue weighted by atomic mass is 9.82. The van der Waals surface area contributed by atoms with Gasteiger partial charge >= 0.3 is 5.97 Å². The highest BCUT2D eigenvalue weighted by Crippen LogP contribution is 2.30. The van der Waals surface area contributed by atoms with Crippen molar-refractivity contribution in [2.45, 2.75) is 39.3 Å². The van der Waals surface area contributed by atoms with Crippen LogP contribution < -0.4 is 5.32 Å². The van der Waals surface area contributed by atoms with Gasteiger partial charge in [0.1, 0.15) is 12.4 Å². The van der Waals surface area contributed by atoms with Crippen LogP contribution in [0.1, 0.15) is 41.9 Å². The summed E-state index contributed by atoms with van der Waals surface area (Å²) in [7, 11) is 0. The summed E-state index contributed by atoms with van der Waals surface area (Å²) in [5.74, 6) is -2.08. The van der Waals surface area contributed by atoms with Crippen molar-refractivity contribution in [2.24, 2.45) is 5.41 Å². The lowest BCUT2D eigenvalue weighted by Gasteiger charge is -2.31. The number of halogens is 2. The van der Waals surface area contributed by atoms with Crippen molar-refractivity contribution in [1.29, 1.82) is 0 Å². The third kappa shape index (κ3) is 8.18. The van der Waals surface area contributed by atoms with Crippen LogP contribution in [0.4, 0.5) is 4.39 Å². The fraction of sp³-hybridized carbons (Fsp3) is 0.281. The smallest absolute Gasteiger partial charge is 0.314 e. The van der Waals surface area contributed by atoms with Gasteiger partial charge in [0, 0.05) is 23.2 Å². The Morgan fingerprint density at radius 2 is 1.81 bits per heavy atom. The number of nitrogens with one attached hydrogen (secondary N) is 1. The van der Waals surface area contributed by atoms with Gasteiger partial charge in [-0.15, -0.1) is 0 Å². The molecule has 0 radical (unpaired) electrons. The van der Waals surface area contributed by atoms with Crippen molar-refractivity contribution in [2.75, 3.05) is 13.2 Å². The second-order valence-electron chi connectivity index (χ2n) is 10.2. The zero-order valence-corrected chi connectivity index (χ0v) is 24.1. The summed E-state index contributed by atoms with van der Waals surface area (Å²) < 4.78 is 30.7. The highest BCUT2D eigenvalue weighted by atomic mass is 35.5. The Morgan fingerprint density at radius 1 is 1.07 bits per heavy atom. The van der Waals surface area contributed by atoms with Gasteiger partial charge in [-0.1, -0.05) is 66.2 Å². The molecule has 0 saturated carbocycles. The third-order valence-electron chi connectivity index (χ3n) is 6.76. The number of benzene rings is 3. The summed E-state index contributed by atoms with van der Waals surface area (Å²) in [4.78, 5) is 26.4. The zero-order chi connectivity index (χ0) is 30.1. The van der Waals surface area contributed by atoms with E-state index < -0.39 is 35.0 Å². The molecule has 8 nitrogen and oxygen atoms in total. The number of ether oxygens (including phenoxy) is 2. The van der Waals surface area contributed by atoms with Crippen LogP contribution in [-0.4, -0.2) is 41.4 Å². The largest absolute Gasteiger partial charge is 0.491 e. The molecule has 2 N–H and O–H groups in total. The van der Waals surface area contributed by atoms with E-state index >= 15 is 0 Å². The van der Waals surface area contributed by atoms with E-state index in [1.807, 2.05) is 49.4 Å². The molecule has 4 rings (SSSR count). The quantitative estimate of drug-likeness (QED) is 0.173. The van der Waals surface area contributed by atoms with Gasteiger partial charge in [-0.05, 0) is 66.7 Å². The molecule has 2 atom stereocenters. The van der Waals surface area contributed by atoms with E-state index in [1.54, 1.807) is 25.1 Å². The lowest BCUT2D eigenvalue weighted by molar-refractivity contribution is -0.161. The van der Waals surface area contributed by atoms with Gasteiger partial charge in [0.05, 0.1) is 18.1 Å². The van der Waals surface area contributed by atoms with Gasteiger partial charge in [-0.3, -0.25) is 9.59 Å². The molecule has 0 saturated heterocycles. The minimum Gasteiger partial charge on any atom is -0.491 e. The minimum absolute atomic E-state index is 0.0690. The molecule has 3 aromatic carbocycles. The van der Waals surface area contributed by atoms with Crippen molar-refractivity contribution in [3.63, 3.8) is 0 Å². The Kier molecular flexibility index (Phi) is 10.3. The maximum atomic E-state index is 14.4. The Morgan fingerprint density at radius 3 is 2.48 bits per heavy atom. The molecule has 0 bridgehead atoms. The van der Waals surface area contributed by atoms with Crippen molar-refractivity contribution in [3.05, 3.63) is 107 Å². The Balaban J connectivity index is 1.57. The summed E-state index contributed by atoms with van der Waals surface area (Å²) in [6, 6.07) is 21.4. The first-order chi connectivity index (χ1) is 20.2. The number of rotatable bonds is 13. The van der Waals surface area contributed by atoms with E-state index in [-0.39, 0.29) is 25.4 Å². The number of carbonyl (C=O) groups excluding carboxylic acids is 2. The number of aromatic hydroxyl groups is 1. The lowest BCUT2D eigenvalue weighted by Crippen LogP contribution is -2.45. The van der Waals surface area contributed by atoms with Crippen LogP contribution >= 0.6 is 11.6 Å². The molecule has 0 aliphatic carbocycles. The van der Waals surface area contributed by atoms with Gasteiger partial charge in [-0.25, -0.2) is 4.39 Å². The van der Waals surface area contributed by atoms with Gasteiger partial charge in [0.2, 0.25) is 5.76 Å². The van der Waals surface area contributed by atoms with Crippen molar-refractivity contribution < 1.29 is 33.1 Å². The van der Waals surface area contributed by atoms with Gasteiger partial charge in [0.15, 0.2) is 0 Å². The van der Waals surface area contributed by atoms with E-state index in [2.05, 4.69) is 10.5 Å². The molecule has 4 aromatic rings. The van der Waals surface area contributed by atoms with Crippen LogP contribution in [0.15, 0.2) is 83.4 Å². The predicted molar refractivity (Wildman–Crippen MR) is 155 cm³/mol. The molecule has 0 fully saturated rings. The van der Waals surface area contributed by atoms with E-state index in [0.29, 0.717) is 29.2 Å². The standard InChI is InChI=1S/C32H32ClFN2O6/c1-3-40-20-32(2,31(39)41-19-22-7-5-4-6-8-22)18-25(35-30(38)28-17-29(37)36-42-28)15-21-9-11-23(12-10-21)26-16-24(33)13-14-27(26)34/h4-14,16-17,25H,3,15,18-20H2,1-2H3,(H,35,38)(H,36,37)/t25-,32+/m1/s1. The molecule has 0 aliphatic heterocycles. The number of esters is 1. The van der Waals surface area contributed by atoms with Crippen LogP contribution in [0.2, 0.25) is 5.02 Å². The highest BCUT2D eigenvalue weighted by molar-refractivity contribution is 6.30. The molecule has 0 aliphatic rings. The fourth-order valence-corrected chi connectivity index (χ4v) is 4.77. The second kappa shape index (κ2) is 14.1. The van der Waals surface area contributed by atoms with Crippen LogP contribution in [0.3, 0.4) is 0 Å². The molecular formula is C32H32ClFN2O6. The van der Waals surface area contributed by atoms with E-state index in [4.69, 9.17) is 25.6 Å². The predicted octanol–water partition coefficient (Wildman–Crippen LogP) is 6.36. The highest BCUT2D eigenvalue weighted by Gasteiger charge is 2.38. The summed E-state index contributed by atoms with van der Waals surface area (Å²) >= 11 is 6.07. The molecule has 220 valence electrons. The fourth-order valence-electron chi connectivity index (χ4n) is 4.60. The first-order valence-corrected chi connectivity index (χ1v) is 13.8. The summed E-state index contributed by atoms with van der Waals surface area (Å²) in [5.41, 5.74) is 1.56. The first-order valence-electron chi connectivity index (χ1n) is 13.5. The number of nitrogens with zero attached hydrogens (tertiary/aromatic N) is 1. The molecular weight excluding hydrogens is 563 g/mol. The molecule has 10 heteroatoms. The Bertz CT molecular complexity index is 1490. The number of hydrogen-bond acceptors (Lipinski definition) is 7.